The lowest BCUT2D eigenvalue weighted by atomic mass is 9.85. The number of methoxy groups -OCH3 is 1. The fraction of sp³-hybridized carbons (Fsp3) is 0.857. The highest BCUT2D eigenvalue weighted by Crippen LogP contribution is 2.41. The zero-order valence-electron chi connectivity index (χ0n) is 11.3. The van der Waals surface area contributed by atoms with Crippen LogP contribution in [0.25, 0.3) is 0 Å². The van der Waals surface area contributed by atoms with Gasteiger partial charge in [-0.15, -0.1) is 0 Å². The van der Waals surface area contributed by atoms with E-state index >= 15 is 0 Å². The normalized spacial score (nSPS) is 35.9. The average molecular weight is 254 g/mol. The number of carbonyl (C=O) groups is 2. The Morgan fingerprint density at radius 2 is 1.94 bits per heavy atom. The van der Waals surface area contributed by atoms with Crippen LogP contribution in [0, 0.1) is 23.7 Å². The van der Waals surface area contributed by atoms with Crippen LogP contribution in [0.4, 0.5) is 0 Å². The maximum absolute atomic E-state index is 11.7. The minimum absolute atomic E-state index is 0.0219. The summed E-state index contributed by atoms with van der Waals surface area (Å²) in [7, 11) is 1.33. The van der Waals surface area contributed by atoms with E-state index in [1.54, 1.807) is 0 Å². The van der Waals surface area contributed by atoms with E-state index in [0.717, 1.165) is 25.7 Å². The molecule has 4 heteroatoms. The van der Waals surface area contributed by atoms with Crippen LogP contribution in [-0.2, 0) is 19.1 Å². The minimum Gasteiger partial charge on any atom is -0.468 e. The van der Waals surface area contributed by atoms with Gasteiger partial charge in [0, 0.05) is 5.92 Å². The maximum atomic E-state index is 11.7. The highest BCUT2D eigenvalue weighted by atomic mass is 16.6. The molecule has 0 amide bonds. The summed E-state index contributed by atoms with van der Waals surface area (Å²) in [6.45, 7) is 4.46. The van der Waals surface area contributed by atoms with Gasteiger partial charge in [-0.25, -0.2) is 0 Å². The Bertz CT molecular complexity index is 337. The van der Waals surface area contributed by atoms with Gasteiger partial charge in [0.25, 0.3) is 0 Å². The molecule has 0 aromatic carbocycles. The van der Waals surface area contributed by atoms with E-state index < -0.39 is 11.9 Å². The van der Waals surface area contributed by atoms with Crippen LogP contribution in [0.3, 0.4) is 0 Å². The van der Waals surface area contributed by atoms with E-state index in [2.05, 4.69) is 13.8 Å². The SMILES string of the molecule is COC(=O)C1C(=O)OC2CCC(C(C)C)CCC21. The largest absolute Gasteiger partial charge is 0.468 e. The van der Waals surface area contributed by atoms with Gasteiger partial charge in [-0.1, -0.05) is 13.8 Å². The summed E-state index contributed by atoms with van der Waals surface area (Å²) in [6.07, 6.45) is 3.85. The van der Waals surface area contributed by atoms with Crippen LogP contribution < -0.4 is 0 Å². The highest BCUT2D eigenvalue weighted by Gasteiger charge is 2.50. The summed E-state index contributed by atoms with van der Waals surface area (Å²) in [5.41, 5.74) is 0. The Morgan fingerprint density at radius 3 is 2.56 bits per heavy atom. The van der Waals surface area contributed by atoms with Gasteiger partial charge < -0.3 is 9.47 Å². The molecule has 0 bridgehead atoms. The number of carbonyl (C=O) groups excluding carboxylic acids is 2. The Balaban J connectivity index is 2.10. The Labute approximate surface area is 108 Å². The van der Waals surface area contributed by atoms with Crippen molar-refractivity contribution in [3.63, 3.8) is 0 Å². The number of rotatable bonds is 2. The molecule has 18 heavy (non-hydrogen) atoms. The van der Waals surface area contributed by atoms with Crippen molar-refractivity contribution < 1.29 is 19.1 Å². The van der Waals surface area contributed by atoms with Crippen molar-refractivity contribution in [2.24, 2.45) is 23.7 Å². The number of hydrogen-bond donors (Lipinski definition) is 0. The fourth-order valence-electron chi connectivity index (χ4n) is 3.32. The first-order valence-electron chi connectivity index (χ1n) is 6.83. The van der Waals surface area contributed by atoms with Crippen molar-refractivity contribution in [3.05, 3.63) is 0 Å². The Hall–Kier alpha value is -1.06. The molecule has 1 saturated carbocycles. The zero-order valence-corrected chi connectivity index (χ0v) is 11.3. The molecule has 0 radical (unpaired) electrons. The summed E-state index contributed by atoms with van der Waals surface area (Å²) in [5, 5.41) is 0. The molecular weight excluding hydrogens is 232 g/mol. The zero-order chi connectivity index (χ0) is 13.3. The summed E-state index contributed by atoms with van der Waals surface area (Å²) in [5.74, 6) is -0.168. The predicted molar refractivity (Wildman–Crippen MR) is 65.7 cm³/mol. The smallest absolute Gasteiger partial charge is 0.321 e. The van der Waals surface area contributed by atoms with Crippen LogP contribution >= 0.6 is 0 Å². The number of hydrogen-bond acceptors (Lipinski definition) is 4. The molecule has 2 aliphatic rings. The van der Waals surface area contributed by atoms with Crippen LogP contribution in [0.15, 0.2) is 0 Å². The van der Waals surface area contributed by atoms with Crippen molar-refractivity contribution in [3.8, 4) is 0 Å². The van der Waals surface area contributed by atoms with Crippen molar-refractivity contribution in [2.45, 2.75) is 45.6 Å². The van der Waals surface area contributed by atoms with E-state index in [1.165, 1.54) is 7.11 Å². The van der Waals surface area contributed by atoms with Gasteiger partial charge in [-0.05, 0) is 37.5 Å². The second kappa shape index (κ2) is 5.29. The van der Waals surface area contributed by atoms with Crippen LogP contribution in [0.5, 0.6) is 0 Å². The summed E-state index contributed by atoms with van der Waals surface area (Å²) < 4.78 is 10.1. The first kappa shape index (κ1) is 13.4. The Morgan fingerprint density at radius 1 is 1.28 bits per heavy atom. The molecule has 1 saturated heterocycles. The number of fused-ring (bicyclic) bond motifs is 1. The molecule has 102 valence electrons. The molecule has 1 aliphatic heterocycles. The predicted octanol–water partition coefficient (Wildman–Crippen LogP) is 2.16. The van der Waals surface area contributed by atoms with Gasteiger partial charge in [-0.2, -0.15) is 0 Å². The van der Waals surface area contributed by atoms with Crippen LogP contribution in [0.1, 0.15) is 39.5 Å². The molecule has 0 aromatic heterocycles. The molecule has 1 aliphatic carbocycles. The van der Waals surface area contributed by atoms with Gasteiger partial charge in [0.05, 0.1) is 7.11 Å². The number of esters is 2. The third-order valence-electron chi connectivity index (χ3n) is 4.52. The Kier molecular flexibility index (Phi) is 3.93. The molecule has 4 nitrogen and oxygen atoms in total. The molecule has 0 N–H and O–H groups in total. The minimum atomic E-state index is -0.689. The van der Waals surface area contributed by atoms with Crippen molar-refractivity contribution in [2.75, 3.05) is 7.11 Å². The molecule has 0 aromatic rings. The molecule has 1 heterocycles. The first-order valence-corrected chi connectivity index (χ1v) is 6.83. The molecular formula is C14H22O4. The summed E-state index contributed by atoms with van der Waals surface area (Å²) in [4.78, 5) is 23.4. The molecule has 4 atom stereocenters. The second-order valence-corrected chi connectivity index (χ2v) is 5.80. The first-order chi connectivity index (χ1) is 8.54. The van der Waals surface area contributed by atoms with E-state index in [-0.39, 0.29) is 18.0 Å². The lowest BCUT2D eigenvalue weighted by Gasteiger charge is -2.18. The van der Waals surface area contributed by atoms with Gasteiger partial charge >= 0.3 is 11.9 Å². The highest BCUT2D eigenvalue weighted by molar-refractivity contribution is 5.96. The van der Waals surface area contributed by atoms with Crippen molar-refractivity contribution in [1.29, 1.82) is 0 Å². The van der Waals surface area contributed by atoms with Gasteiger partial charge in [0.2, 0.25) is 0 Å². The summed E-state index contributed by atoms with van der Waals surface area (Å²) >= 11 is 0. The third kappa shape index (κ3) is 2.38. The number of ether oxygens (including phenoxy) is 2. The molecule has 2 fully saturated rings. The molecule has 2 rings (SSSR count). The quantitative estimate of drug-likeness (QED) is 0.560. The van der Waals surface area contributed by atoms with Crippen LogP contribution in [-0.4, -0.2) is 25.2 Å². The second-order valence-electron chi connectivity index (χ2n) is 5.80. The fourth-order valence-corrected chi connectivity index (χ4v) is 3.32. The van der Waals surface area contributed by atoms with Gasteiger partial charge in [0.1, 0.15) is 6.10 Å². The van der Waals surface area contributed by atoms with Gasteiger partial charge in [0.15, 0.2) is 5.92 Å². The van der Waals surface area contributed by atoms with Crippen molar-refractivity contribution in [1.82, 2.24) is 0 Å². The van der Waals surface area contributed by atoms with Gasteiger partial charge in [-0.3, -0.25) is 9.59 Å². The van der Waals surface area contributed by atoms with Crippen LogP contribution in [0.2, 0.25) is 0 Å². The van der Waals surface area contributed by atoms with Crippen molar-refractivity contribution >= 4 is 11.9 Å². The van der Waals surface area contributed by atoms with E-state index in [9.17, 15) is 9.59 Å². The molecule has 4 unspecified atom stereocenters. The third-order valence-corrected chi connectivity index (χ3v) is 4.52. The lowest BCUT2D eigenvalue weighted by molar-refractivity contribution is -0.155. The molecule has 0 spiro atoms. The monoisotopic (exact) mass is 254 g/mol. The standard InChI is InChI=1S/C14H22O4/c1-8(2)9-4-6-10-11(7-5-9)18-14(16)12(10)13(15)17-3/h8-12H,4-7H2,1-3H3. The average Bonchev–Trinajstić information content (AvgIpc) is 2.51. The van der Waals surface area contributed by atoms with E-state index in [4.69, 9.17) is 9.47 Å². The summed E-state index contributed by atoms with van der Waals surface area (Å²) in [6, 6.07) is 0. The topological polar surface area (TPSA) is 52.6 Å². The van der Waals surface area contributed by atoms with E-state index in [1.807, 2.05) is 0 Å². The lowest BCUT2D eigenvalue weighted by Crippen LogP contribution is -2.28. The maximum Gasteiger partial charge on any atom is 0.321 e. The van der Waals surface area contributed by atoms with E-state index in [0.29, 0.717) is 11.8 Å².